The SMILES string of the molecule is COc1nn(C)cc1CNc1nc(Cl)nc2nc[nH]c12. The second-order valence-electron chi connectivity index (χ2n) is 4.13. The summed E-state index contributed by atoms with van der Waals surface area (Å²) >= 11 is 5.87. The molecular formula is C11H12ClN7O. The van der Waals surface area contributed by atoms with Crippen molar-refractivity contribution < 1.29 is 4.74 Å². The zero-order valence-electron chi connectivity index (χ0n) is 10.9. The van der Waals surface area contributed by atoms with E-state index in [0.29, 0.717) is 29.4 Å². The van der Waals surface area contributed by atoms with Gasteiger partial charge in [-0.05, 0) is 11.6 Å². The summed E-state index contributed by atoms with van der Waals surface area (Å²) in [5.41, 5.74) is 2.14. The number of hydrogen-bond acceptors (Lipinski definition) is 6. The number of nitrogens with one attached hydrogen (secondary N) is 2. The number of fused-ring (bicyclic) bond motifs is 1. The molecule has 0 aromatic carbocycles. The number of nitrogens with zero attached hydrogens (tertiary/aromatic N) is 5. The Hall–Kier alpha value is -2.35. The van der Waals surface area contributed by atoms with Crippen LogP contribution in [0, 0.1) is 0 Å². The number of hydrogen-bond donors (Lipinski definition) is 2. The summed E-state index contributed by atoms with van der Waals surface area (Å²) in [6, 6.07) is 0. The van der Waals surface area contributed by atoms with E-state index in [4.69, 9.17) is 16.3 Å². The number of imidazole rings is 1. The van der Waals surface area contributed by atoms with E-state index in [1.54, 1.807) is 18.1 Å². The van der Waals surface area contributed by atoms with Crippen molar-refractivity contribution in [1.82, 2.24) is 29.7 Å². The van der Waals surface area contributed by atoms with Gasteiger partial charge in [-0.3, -0.25) is 4.68 Å². The van der Waals surface area contributed by atoms with Gasteiger partial charge < -0.3 is 15.0 Å². The van der Waals surface area contributed by atoms with E-state index in [0.717, 1.165) is 5.56 Å². The first-order valence-electron chi connectivity index (χ1n) is 5.84. The highest BCUT2D eigenvalue weighted by molar-refractivity contribution is 6.28. The Kier molecular flexibility index (Phi) is 3.15. The highest BCUT2D eigenvalue weighted by Crippen LogP contribution is 2.21. The van der Waals surface area contributed by atoms with E-state index in [9.17, 15) is 0 Å². The van der Waals surface area contributed by atoms with Gasteiger partial charge in [-0.1, -0.05) is 0 Å². The number of anilines is 1. The van der Waals surface area contributed by atoms with Crippen LogP contribution in [0.15, 0.2) is 12.5 Å². The summed E-state index contributed by atoms with van der Waals surface area (Å²) in [6.07, 6.45) is 3.42. The molecule has 0 fully saturated rings. The second-order valence-corrected chi connectivity index (χ2v) is 4.47. The van der Waals surface area contributed by atoms with Crippen LogP contribution in [-0.2, 0) is 13.6 Å². The average molecular weight is 294 g/mol. The maximum atomic E-state index is 5.87. The zero-order valence-corrected chi connectivity index (χ0v) is 11.6. The van der Waals surface area contributed by atoms with Gasteiger partial charge in [-0.25, -0.2) is 4.98 Å². The molecule has 20 heavy (non-hydrogen) atoms. The average Bonchev–Trinajstić information content (AvgIpc) is 3.01. The lowest BCUT2D eigenvalue weighted by atomic mass is 10.3. The van der Waals surface area contributed by atoms with Gasteiger partial charge in [0.05, 0.1) is 19.0 Å². The normalized spacial score (nSPS) is 10.9. The standard InChI is InChI=1S/C11H12ClN7O/c1-19-4-6(10(18-19)20-2)3-13-8-7-9(15-5-14-7)17-11(12)16-8/h4-5H,3H2,1-2H3,(H2,13,14,15,16,17). The molecular weight excluding hydrogens is 282 g/mol. The number of aryl methyl sites for hydroxylation is 1. The van der Waals surface area contributed by atoms with Gasteiger partial charge in [0.1, 0.15) is 5.52 Å². The molecule has 3 rings (SSSR count). The lowest BCUT2D eigenvalue weighted by molar-refractivity contribution is 0.388. The molecule has 0 unspecified atom stereocenters. The van der Waals surface area contributed by atoms with Gasteiger partial charge in [0, 0.05) is 19.8 Å². The zero-order chi connectivity index (χ0) is 14.1. The number of aromatic amines is 1. The Labute approximate surface area is 119 Å². The Balaban J connectivity index is 1.88. The van der Waals surface area contributed by atoms with Crippen molar-refractivity contribution >= 4 is 28.6 Å². The van der Waals surface area contributed by atoms with Crippen LogP contribution in [0.2, 0.25) is 5.28 Å². The van der Waals surface area contributed by atoms with Crippen molar-refractivity contribution in [2.45, 2.75) is 6.54 Å². The molecule has 0 aliphatic heterocycles. The molecule has 0 aliphatic carbocycles. The van der Waals surface area contributed by atoms with E-state index >= 15 is 0 Å². The highest BCUT2D eigenvalue weighted by atomic mass is 35.5. The summed E-state index contributed by atoms with van der Waals surface area (Å²) in [7, 11) is 3.42. The van der Waals surface area contributed by atoms with E-state index in [2.05, 4.69) is 30.4 Å². The number of aromatic nitrogens is 6. The summed E-state index contributed by atoms with van der Waals surface area (Å²) in [5.74, 6) is 1.16. The van der Waals surface area contributed by atoms with Gasteiger partial charge in [-0.2, -0.15) is 9.97 Å². The fourth-order valence-corrected chi connectivity index (χ4v) is 2.09. The monoisotopic (exact) mass is 293 g/mol. The molecule has 0 saturated heterocycles. The Morgan fingerprint density at radius 1 is 1.45 bits per heavy atom. The maximum Gasteiger partial charge on any atom is 0.237 e. The first kappa shape index (κ1) is 12.7. The summed E-state index contributed by atoms with van der Waals surface area (Å²) in [5, 5.41) is 7.51. The van der Waals surface area contributed by atoms with E-state index in [-0.39, 0.29) is 5.28 Å². The smallest absolute Gasteiger partial charge is 0.237 e. The topological polar surface area (TPSA) is 93.5 Å². The summed E-state index contributed by atoms with van der Waals surface area (Å²) < 4.78 is 6.89. The lowest BCUT2D eigenvalue weighted by Gasteiger charge is -2.06. The number of rotatable bonds is 4. The van der Waals surface area contributed by atoms with Crippen LogP contribution in [0.3, 0.4) is 0 Å². The molecule has 0 aliphatic rings. The van der Waals surface area contributed by atoms with Crippen LogP contribution in [0.1, 0.15) is 5.56 Å². The molecule has 0 radical (unpaired) electrons. The van der Waals surface area contributed by atoms with E-state index in [1.807, 2.05) is 13.2 Å². The van der Waals surface area contributed by atoms with Crippen LogP contribution >= 0.6 is 11.6 Å². The molecule has 0 amide bonds. The second kappa shape index (κ2) is 4.97. The van der Waals surface area contributed by atoms with Crippen molar-refractivity contribution in [1.29, 1.82) is 0 Å². The Bertz CT molecular complexity index is 750. The maximum absolute atomic E-state index is 5.87. The van der Waals surface area contributed by atoms with Gasteiger partial charge in [0.2, 0.25) is 11.2 Å². The largest absolute Gasteiger partial charge is 0.480 e. The molecule has 3 aromatic rings. The predicted octanol–water partition coefficient (Wildman–Crippen LogP) is 1.36. The molecule has 9 heteroatoms. The van der Waals surface area contributed by atoms with Crippen LogP contribution in [-0.4, -0.2) is 36.8 Å². The number of H-pyrrole nitrogens is 1. The number of halogens is 1. The Morgan fingerprint density at radius 3 is 3.10 bits per heavy atom. The minimum absolute atomic E-state index is 0.144. The van der Waals surface area contributed by atoms with Gasteiger partial charge in [0.25, 0.3) is 0 Å². The molecule has 2 N–H and O–H groups in total. The van der Waals surface area contributed by atoms with Gasteiger partial charge in [-0.15, -0.1) is 5.10 Å². The Morgan fingerprint density at radius 2 is 2.30 bits per heavy atom. The molecule has 8 nitrogen and oxygen atoms in total. The van der Waals surface area contributed by atoms with E-state index in [1.165, 1.54) is 0 Å². The minimum atomic E-state index is 0.144. The van der Waals surface area contributed by atoms with Crippen molar-refractivity contribution in [3.8, 4) is 5.88 Å². The van der Waals surface area contributed by atoms with Crippen molar-refractivity contribution in [2.75, 3.05) is 12.4 Å². The van der Waals surface area contributed by atoms with E-state index < -0.39 is 0 Å². The van der Waals surface area contributed by atoms with Gasteiger partial charge >= 0.3 is 0 Å². The van der Waals surface area contributed by atoms with Crippen molar-refractivity contribution in [2.24, 2.45) is 7.05 Å². The molecule has 0 saturated carbocycles. The number of methoxy groups -OCH3 is 1. The third kappa shape index (κ3) is 2.25. The fraction of sp³-hybridized carbons (Fsp3) is 0.273. The van der Waals surface area contributed by atoms with Crippen molar-refractivity contribution in [3.63, 3.8) is 0 Å². The summed E-state index contributed by atoms with van der Waals surface area (Å²) in [6.45, 7) is 0.498. The first-order valence-corrected chi connectivity index (χ1v) is 6.22. The molecule has 3 aromatic heterocycles. The highest BCUT2D eigenvalue weighted by Gasteiger charge is 2.11. The fourth-order valence-electron chi connectivity index (χ4n) is 1.92. The molecule has 0 spiro atoms. The van der Waals surface area contributed by atoms with Gasteiger partial charge in [0.15, 0.2) is 11.5 Å². The third-order valence-corrected chi connectivity index (χ3v) is 2.93. The molecule has 0 bridgehead atoms. The van der Waals surface area contributed by atoms with Crippen LogP contribution < -0.4 is 10.1 Å². The molecule has 0 atom stereocenters. The quantitative estimate of drug-likeness (QED) is 0.706. The minimum Gasteiger partial charge on any atom is -0.480 e. The summed E-state index contributed by atoms with van der Waals surface area (Å²) in [4.78, 5) is 15.2. The van der Waals surface area contributed by atoms with Crippen LogP contribution in [0.5, 0.6) is 5.88 Å². The predicted molar refractivity (Wildman–Crippen MR) is 73.8 cm³/mol. The molecule has 3 heterocycles. The van der Waals surface area contributed by atoms with Crippen molar-refractivity contribution in [3.05, 3.63) is 23.4 Å². The third-order valence-electron chi connectivity index (χ3n) is 2.76. The molecule has 104 valence electrons. The van der Waals surface area contributed by atoms with Crippen LogP contribution in [0.25, 0.3) is 11.2 Å². The lowest BCUT2D eigenvalue weighted by Crippen LogP contribution is -2.03. The first-order chi connectivity index (χ1) is 9.67. The van der Waals surface area contributed by atoms with Crippen LogP contribution in [0.4, 0.5) is 5.82 Å². The number of ether oxygens (including phenoxy) is 1.